The van der Waals surface area contributed by atoms with Crippen LogP contribution in [0, 0.1) is 0 Å². The molecule has 0 aliphatic rings. The lowest BCUT2D eigenvalue weighted by atomic mass is 10.1. The summed E-state index contributed by atoms with van der Waals surface area (Å²) in [4.78, 5) is 32.9. The molecule has 0 unspecified atom stereocenters. The number of hydrogen-bond donors (Lipinski definition) is 0. The molecule has 5 heteroatoms. The molecule has 0 aromatic heterocycles. The van der Waals surface area contributed by atoms with Gasteiger partial charge in [-0.15, -0.1) is 0 Å². The Morgan fingerprint density at radius 3 is 1.76 bits per heavy atom. The van der Waals surface area contributed by atoms with Crippen LogP contribution in [0.15, 0.2) is 0 Å². The lowest BCUT2D eigenvalue weighted by Crippen LogP contribution is -2.27. The normalized spacial score (nSPS) is 12.1. The maximum absolute atomic E-state index is 11.6. The Morgan fingerprint density at radius 1 is 0.810 bits per heavy atom. The van der Waals surface area contributed by atoms with Crippen molar-refractivity contribution in [3.8, 4) is 0 Å². The molecule has 0 heterocycles. The molecule has 0 aromatic rings. The first-order chi connectivity index (χ1) is 9.62. The quantitative estimate of drug-likeness (QED) is 0.265. The molecule has 0 aliphatic heterocycles. The highest BCUT2D eigenvalue weighted by atomic mass is 17.2. The van der Waals surface area contributed by atoms with Crippen LogP contribution in [0.25, 0.3) is 0 Å². The lowest BCUT2D eigenvalue weighted by molar-refractivity contribution is -0.325. The number of carbonyl (C=O) groups excluding carboxylic acids is 2. The molecule has 0 N–H and O–H groups in total. The summed E-state index contributed by atoms with van der Waals surface area (Å²) >= 11 is 0. The van der Waals surface area contributed by atoms with Crippen molar-refractivity contribution in [1.82, 2.24) is 0 Å². The van der Waals surface area contributed by atoms with Crippen molar-refractivity contribution < 1.29 is 24.1 Å². The summed E-state index contributed by atoms with van der Waals surface area (Å²) < 4.78 is 5.32. The fourth-order valence-corrected chi connectivity index (χ4v) is 1.23. The van der Waals surface area contributed by atoms with Gasteiger partial charge in [-0.05, 0) is 53.4 Å². The van der Waals surface area contributed by atoms with Gasteiger partial charge in [-0.1, -0.05) is 13.8 Å². The maximum Gasteiger partial charge on any atom is 0.342 e. The predicted octanol–water partition coefficient (Wildman–Crippen LogP) is 3.94. The zero-order valence-electron chi connectivity index (χ0n) is 14.3. The summed E-state index contributed by atoms with van der Waals surface area (Å²) in [5.74, 6) is -0.627. The Kier molecular flexibility index (Phi) is 8.55. The fourth-order valence-electron chi connectivity index (χ4n) is 1.23. The number of rotatable bonds is 10. The van der Waals surface area contributed by atoms with Gasteiger partial charge in [0.2, 0.25) is 0 Å². The zero-order valence-corrected chi connectivity index (χ0v) is 14.3. The van der Waals surface area contributed by atoms with Crippen LogP contribution < -0.4 is 0 Å². The Hall–Kier alpha value is -1.10. The molecule has 0 bridgehead atoms. The van der Waals surface area contributed by atoms with Crippen LogP contribution in [-0.2, 0) is 24.1 Å². The van der Waals surface area contributed by atoms with Gasteiger partial charge >= 0.3 is 11.9 Å². The van der Waals surface area contributed by atoms with Gasteiger partial charge in [0, 0.05) is 12.8 Å². The van der Waals surface area contributed by atoms with Crippen molar-refractivity contribution in [2.75, 3.05) is 0 Å². The van der Waals surface area contributed by atoms with Gasteiger partial charge in [0.1, 0.15) is 11.2 Å². The van der Waals surface area contributed by atoms with Crippen molar-refractivity contribution >= 4 is 11.9 Å². The topological polar surface area (TPSA) is 61.8 Å². The van der Waals surface area contributed by atoms with Crippen LogP contribution in [0.1, 0.15) is 80.1 Å². The molecule has 0 fully saturated rings. The monoisotopic (exact) mass is 302 g/mol. The molecule has 0 atom stereocenters. The summed E-state index contributed by atoms with van der Waals surface area (Å²) in [6.45, 7) is 11.4. The van der Waals surface area contributed by atoms with E-state index in [-0.39, 0.29) is 12.4 Å². The van der Waals surface area contributed by atoms with Gasteiger partial charge in [0.15, 0.2) is 0 Å². The molecule has 0 saturated carbocycles. The highest BCUT2D eigenvalue weighted by Crippen LogP contribution is 2.16. The largest absolute Gasteiger partial charge is 0.460 e. The molecular formula is C16H30O5. The van der Waals surface area contributed by atoms with E-state index in [0.717, 1.165) is 12.8 Å². The molecule has 124 valence electrons. The van der Waals surface area contributed by atoms with E-state index < -0.39 is 17.2 Å². The second-order valence-corrected chi connectivity index (χ2v) is 6.45. The van der Waals surface area contributed by atoms with E-state index in [9.17, 15) is 9.59 Å². The smallest absolute Gasteiger partial charge is 0.342 e. The van der Waals surface area contributed by atoms with Crippen molar-refractivity contribution in [1.29, 1.82) is 0 Å². The van der Waals surface area contributed by atoms with E-state index in [2.05, 4.69) is 0 Å². The van der Waals surface area contributed by atoms with Gasteiger partial charge in [-0.25, -0.2) is 4.79 Å². The standard InChI is InChI=1S/C16H30O5/c1-7-15(3,4)19-13(17)11-9-10-12-14(18)20-21-16(5,6)8-2/h7-12H2,1-6H3. The third kappa shape index (κ3) is 10.3. The van der Waals surface area contributed by atoms with Crippen LogP contribution >= 0.6 is 0 Å². The van der Waals surface area contributed by atoms with E-state index in [0.29, 0.717) is 19.3 Å². The van der Waals surface area contributed by atoms with E-state index in [1.165, 1.54) is 0 Å². The minimum absolute atomic E-state index is 0.224. The molecule has 0 spiro atoms. The van der Waals surface area contributed by atoms with Crippen LogP contribution in [-0.4, -0.2) is 23.1 Å². The third-order valence-corrected chi connectivity index (χ3v) is 3.47. The highest BCUT2D eigenvalue weighted by molar-refractivity contribution is 5.70. The molecule has 0 saturated heterocycles. The predicted molar refractivity (Wildman–Crippen MR) is 80.5 cm³/mol. The average Bonchev–Trinajstić information content (AvgIpc) is 2.41. The first-order valence-electron chi connectivity index (χ1n) is 7.72. The number of carbonyl (C=O) groups is 2. The van der Waals surface area contributed by atoms with Crippen LogP contribution in [0.2, 0.25) is 0 Å². The number of ether oxygens (including phenoxy) is 1. The van der Waals surface area contributed by atoms with Crippen molar-refractivity contribution in [2.24, 2.45) is 0 Å². The maximum atomic E-state index is 11.6. The van der Waals surface area contributed by atoms with Crippen molar-refractivity contribution in [2.45, 2.75) is 91.3 Å². The van der Waals surface area contributed by atoms with E-state index in [1.807, 2.05) is 41.5 Å². The van der Waals surface area contributed by atoms with Gasteiger partial charge in [0.05, 0.1) is 0 Å². The average molecular weight is 302 g/mol. The molecule has 0 rings (SSSR count). The van der Waals surface area contributed by atoms with Crippen LogP contribution in [0.3, 0.4) is 0 Å². The third-order valence-electron chi connectivity index (χ3n) is 3.47. The molecular weight excluding hydrogens is 272 g/mol. The Labute approximate surface area is 128 Å². The Morgan fingerprint density at radius 2 is 1.29 bits per heavy atom. The van der Waals surface area contributed by atoms with Gasteiger partial charge in [0.25, 0.3) is 0 Å². The summed E-state index contributed by atoms with van der Waals surface area (Å²) in [7, 11) is 0. The minimum atomic E-state index is -0.467. The second kappa shape index (κ2) is 9.03. The summed E-state index contributed by atoms with van der Waals surface area (Å²) in [6.07, 6.45) is 3.26. The number of hydrogen-bond acceptors (Lipinski definition) is 5. The SMILES string of the molecule is CCC(C)(C)OOC(=O)CCCCC(=O)OC(C)(C)CC. The first-order valence-corrected chi connectivity index (χ1v) is 7.72. The highest BCUT2D eigenvalue weighted by Gasteiger charge is 2.21. The lowest BCUT2D eigenvalue weighted by Gasteiger charge is -2.23. The molecule has 0 amide bonds. The molecule has 0 radical (unpaired) electrons. The van der Waals surface area contributed by atoms with Gasteiger partial charge in [-0.3, -0.25) is 9.68 Å². The fraction of sp³-hybridized carbons (Fsp3) is 0.875. The summed E-state index contributed by atoms with van der Waals surface area (Å²) in [6, 6.07) is 0. The van der Waals surface area contributed by atoms with Gasteiger partial charge < -0.3 is 4.74 Å². The van der Waals surface area contributed by atoms with E-state index in [4.69, 9.17) is 14.5 Å². The molecule has 0 aliphatic carbocycles. The summed E-state index contributed by atoms with van der Waals surface area (Å²) in [5, 5.41) is 0. The van der Waals surface area contributed by atoms with Crippen molar-refractivity contribution in [3.05, 3.63) is 0 Å². The Bertz CT molecular complexity index is 334. The van der Waals surface area contributed by atoms with E-state index in [1.54, 1.807) is 0 Å². The number of esters is 1. The second-order valence-electron chi connectivity index (χ2n) is 6.45. The minimum Gasteiger partial charge on any atom is -0.460 e. The van der Waals surface area contributed by atoms with Gasteiger partial charge in [-0.2, -0.15) is 4.89 Å². The molecule has 0 aromatic carbocycles. The van der Waals surface area contributed by atoms with Crippen molar-refractivity contribution in [3.63, 3.8) is 0 Å². The first kappa shape index (κ1) is 19.9. The Balaban J connectivity index is 3.76. The molecule has 21 heavy (non-hydrogen) atoms. The summed E-state index contributed by atoms with van der Waals surface area (Å²) in [5.41, 5.74) is -0.888. The zero-order chi connectivity index (χ0) is 16.5. The molecule has 5 nitrogen and oxygen atoms in total. The number of unbranched alkanes of at least 4 members (excludes halogenated alkanes) is 1. The van der Waals surface area contributed by atoms with Crippen LogP contribution in [0.5, 0.6) is 0 Å². The van der Waals surface area contributed by atoms with Crippen LogP contribution in [0.4, 0.5) is 0 Å². The van der Waals surface area contributed by atoms with E-state index >= 15 is 0 Å².